The Labute approximate surface area is 148 Å². The third kappa shape index (κ3) is 3.26. The van der Waals surface area contributed by atoms with E-state index in [-0.39, 0.29) is 0 Å². The van der Waals surface area contributed by atoms with Crippen molar-refractivity contribution in [1.82, 2.24) is 14.9 Å². The molecule has 2 aliphatic heterocycles. The smallest absolute Gasteiger partial charge is 0.225 e. The summed E-state index contributed by atoms with van der Waals surface area (Å²) in [7, 11) is 3.93. The van der Waals surface area contributed by atoms with Crippen LogP contribution in [0.15, 0.2) is 30.5 Å². The average molecular weight is 340 g/mol. The summed E-state index contributed by atoms with van der Waals surface area (Å²) in [4.78, 5) is 13.4. The molecule has 1 aromatic heterocycles. The monoisotopic (exact) mass is 340 g/mol. The number of anilines is 1. The van der Waals surface area contributed by atoms with E-state index in [0.717, 1.165) is 42.7 Å². The number of nitrogens with zero attached hydrogens (tertiary/aromatic N) is 4. The number of para-hydroxylation sites is 1. The molecule has 25 heavy (non-hydrogen) atoms. The van der Waals surface area contributed by atoms with E-state index < -0.39 is 0 Å². The highest BCUT2D eigenvalue weighted by atomic mass is 16.6. The van der Waals surface area contributed by atoms with Crippen LogP contribution in [-0.2, 0) is 6.54 Å². The summed E-state index contributed by atoms with van der Waals surface area (Å²) >= 11 is 0. The molecule has 0 amide bonds. The molecule has 2 aromatic rings. The molecular weight excluding hydrogens is 316 g/mol. The number of hydrogen-bond acceptors (Lipinski definition) is 6. The SMILES string of the molecule is CN(C)c1nccc(CN2CCC[C@H]2c2cccc3c2OCCO3)n1. The minimum Gasteiger partial charge on any atom is -0.486 e. The quantitative estimate of drug-likeness (QED) is 0.853. The molecule has 1 atom stereocenters. The maximum Gasteiger partial charge on any atom is 0.225 e. The van der Waals surface area contributed by atoms with Gasteiger partial charge in [0.1, 0.15) is 13.2 Å². The van der Waals surface area contributed by atoms with E-state index in [0.29, 0.717) is 19.3 Å². The van der Waals surface area contributed by atoms with Gasteiger partial charge in [-0.2, -0.15) is 0 Å². The second-order valence-corrected chi connectivity index (χ2v) is 6.74. The van der Waals surface area contributed by atoms with Crippen molar-refractivity contribution in [3.8, 4) is 11.5 Å². The Morgan fingerprint density at radius 3 is 2.96 bits per heavy atom. The third-order valence-corrected chi connectivity index (χ3v) is 4.78. The zero-order valence-corrected chi connectivity index (χ0v) is 14.8. The summed E-state index contributed by atoms with van der Waals surface area (Å²) in [5.41, 5.74) is 2.28. The summed E-state index contributed by atoms with van der Waals surface area (Å²) < 4.78 is 11.7. The van der Waals surface area contributed by atoms with E-state index >= 15 is 0 Å². The number of likely N-dealkylation sites (tertiary alicyclic amines) is 1. The van der Waals surface area contributed by atoms with Crippen LogP contribution in [0.1, 0.15) is 30.1 Å². The molecule has 1 fully saturated rings. The van der Waals surface area contributed by atoms with E-state index in [9.17, 15) is 0 Å². The van der Waals surface area contributed by atoms with E-state index in [4.69, 9.17) is 9.47 Å². The first-order valence-electron chi connectivity index (χ1n) is 8.84. The molecule has 0 saturated carbocycles. The molecular formula is C19H24N4O2. The van der Waals surface area contributed by atoms with Gasteiger partial charge in [0, 0.05) is 38.4 Å². The lowest BCUT2D eigenvalue weighted by Gasteiger charge is -2.28. The van der Waals surface area contributed by atoms with Gasteiger partial charge in [0.25, 0.3) is 0 Å². The van der Waals surface area contributed by atoms with Crippen molar-refractivity contribution in [2.75, 3.05) is 38.8 Å². The van der Waals surface area contributed by atoms with Gasteiger partial charge in [-0.3, -0.25) is 4.90 Å². The van der Waals surface area contributed by atoms with Crippen LogP contribution in [-0.4, -0.2) is 48.7 Å². The Kier molecular flexibility index (Phi) is 4.44. The van der Waals surface area contributed by atoms with Gasteiger partial charge in [-0.25, -0.2) is 9.97 Å². The van der Waals surface area contributed by atoms with Crippen LogP contribution in [0, 0.1) is 0 Å². The summed E-state index contributed by atoms with van der Waals surface area (Å²) in [6, 6.07) is 8.57. The van der Waals surface area contributed by atoms with Crippen LogP contribution in [0.25, 0.3) is 0 Å². The van der Waals surface area contributed by atoms with Gasteiger partial charge in [0.15, 0.2) is 11.5 Å². The van der Waals surface area contributed by atoms with E-state index in [1.165, 1.54) is 12.0 Å². The van der Waals surface area contributed by atoms with Gasteiger partial charge in [-0.15, -0.1) is 0 Å². The number of aromatic nitrogens is 2. The molecule has 0 N–H and O–H groups in total. The number of ether oxygens (including phenoxy) is 2. The summed E-state index contributed by atoms with van der Waals surface area (Å²) in [6.07, 6.45) is 4.15. The molecule has 3 heterocycles. The highest BCUT2D eigenvalue weighted by Gasteiger charge is 2.30. The second-order valence-electron chi connectivity index (χ2n) is 6.74. The Morgan fingerprint density at radius 1 is 1.20 bits per heavy atom. The molecule has 6 heteroatoms. The number of rotatable bonds is 4. The molecule has 4 rings (SSSR count). The molecule has 0 aliphatic carbocycles. The Hall–Kier alpha value is -2.34. The standard InChI is InChI=1S/C19H24N4O2/c1-22(2)19-20-9-8-14(21-19)13-23-10-4-6-16(23)15-5-3-7-17-18(15)25-12-11-24-17/h3,5,7-9,16H,4,6,10-13H2,1-2H3/t16-/m0/s1. The van der Waals surface area contributed by atoms with Crippen LogP contribution in [0.4, 0.5) is 5.95 Å². The first-order valence-corrected chi connectivity index (χ1v) is 8.84. The van der Waals surface area contributed by atoms with Crippen molar-refractivity contribution in [2.45, 2.75) is 25.4 Å². The van der Waals surface area contributed by atoms with Crippen molar-refractivity contribution >= 4 is 5.95 Å². The maximum absolute atomic E-state index is 5.93. The van der Waals surface area contributed by atoms with Crippen molar-refractivity contribution in [3.05, 3.63) is 41.7 Å². The predicted octanol–water partition coefficient (Wildman–Crippen LogP) is 2.65. The lowest BCUT2D eigenvalue weighted by Crippen LogP contribution is -2.25. The lowest BCUT2D eigenvalue weighted by molar-refractivity contribution is 0.163. The molecule has 1 aromatic carbocycles. The Bertz CT molecular complexity index is 750. The van der Waals surface area contributed by atoms with Gasteiger partial charge in [0.2, 0.25) is 5.95 Å². The van der Waals surface area contributed by atoms with Crippen LogP contribution < -0.4 is 14.4 Å². The fraction of sp³-hybridized carbons (Fsp3) is 0.474. The van der Waals surface area contributed by atoms with Gasteiger partial charge < -0.3 is 14.4 Å². The highest BCUT2D eigenvalue weighted by Crippen LogP contribution is 2.43. The zero-order chi connectivity index (χ0) is 17.2. The fourth-order valence-electron chi connectivity index (χ4n) is 3.62. The molecule has 2 aliphatic rings. The van der Waals surface area contributed by atoms with Crippen LogP contribution >= 0.6 is 0 Å². The summed E-state index contributed by atoms with van der Waals surface area (Å²) in [5, 5.41) is 0. The first kappa shape index (κ1) is 16.1. The zero-order valence-electron chi connectivity index (χ0n) is 14.8. The average Bonchev–Trinajstić information content (AvgIpc) is 3.09. The number of benzene rings is 1. The molecule has 1 saturated heterocycles. The number of fused-ring (bicyclic) bond motifs is 1. The lowest BCUT2D eigenvalue weighted by atomic mass is 10.0. The fourth-order valence-corrected chi connectivity index (χ4v) is 3.62. The molecule has 0 radical (unpaired) electrons. The van der Waals surface area contributed by atoms with Crippen molar-refractivity contribution < 1.29 is 9.47 Å². The predicted molar refractivity (Wildman–Crippen MR) is 96.2 cm³/mol. The van der Waals surface area contributed by atoms with E-state index in [2.05, 4.69) is 27.0 Å². The van der Waals surface area contributed by atoms with Crippen molar-refractivity contribution in [2.24, 2.45) is 0 Å². The van der Waals surface area contributed by atoms with Crippen molar-refractivity contribution in [1.29, 1.82) is 0 Å². The van der Waals surface area contributed by atoms with Crippen LogP contribution in [0.5, 0.6) is 11.5 Å². The largest absolute Gasteiger partial charge is 0.486 e. The topological polar surface area (TPSA) is 50.7 Å². The number of hydrogen-bond donors (Lipinski definition) is 0. The van der Waals surface area contributed by atoms with Crippen LogP contribution in [0.2, 0.25) is 0 Å². The molecule has 0 bridgehead atoms. The molecule has 132 valence electrons. The third-order valence-electron chi connectivity index (χ3n) is 4.78. The minimum atomic E-state index is 0.342. The summed E-state index contributed by atoms with van der Waals surface area (Å²) in [6.45, 7) is 3.13. The molecule has 0 spiro atoms. The van der Waals surface area contributed by atoms with E-state index in [1.54, 1.807) is 0 Å². The van der Waals surface area contributed by atoms with Crippen molar-refractivity contribution in [3.63, 3.8) is 0 Å². The van der Waals surface area contributed by atoms with Gasteiger partial charge >= 0.3 is 0 Å². The first-order chi connectivity index (χ1) is 12.2. The second kappa shape index (κ2) is 6.88. The van der Waals surface area contributed by atoms with Gasteiger partial charge in [-0.1, -0.05) is 12.1 Å². The highest BCUT2D eigenvalue weighted by molar-refractivity contribution is 5.49. The van der Waals surface area contributed by atoms with Gasteiger partial charge in [-0.05, 0) is 31.5 Å². The van der Waals surface area contributed by atoms with E-state index in [1.807, 2.05) is 37.3 Å². The Morgan fingerprint density at radius 2 is 2.08 bits per heavy atom. The normalized spacial score (nSPS) is 19.8. The molecule has 0 unspecified atom stereocenters. The summed E-state index contributed by atoms with van der Waals surface area (Å²) in [5.74, 6) is 2.54. The van der Waals surface area contributed by atoms with Crippen LogP contribution in [0.3, 0.4) is 0 Å². The minimum absolute atomic E-state index is 0.342. The molecule has 6 nitrogen and oxygen atoms in total. The maximum atomic E-state index is 5.93. The Balaban J connectivity index is 1.58. The van der Waals surface area contributed by atoms with Gasteiger partial charge in [0.05, 0.1) is 5.69 Å².